The normalized spacial score (nSPS) is 22.6. The number of piperidine rings is 1. The van der Waals surface area contributed by atoms with Crippen LogP contribution in [0.3, 0.4) is 0 Å². The third-order valence-electron chi connectivity index (χ3n) is 4.28. The van der Waals surface area contributed by atoms with Gasteiger partial charge in [-0.3, -0.25) is 4.79 Å². The molecule has 1 fully saturated rings. The number of carbonyl (C=O) groups is 1. The van der Waals surface area contributed by atoms with Gasteiger partial charge in [-0.25, -0.2) is 0 Å². The van der Waals surface area contributed by atoms with Crippen LogP contribution in [0.5, 0.6) is 0 Å². The molecule has 0 N–H and O–H groups in total. The number of thiophene rings is 1. The van der Waals surface area contributed by atoms with Gasteiger partial charge in [0.25, 0.3) is 5.91 Å². The fourth-order valence-corrected chi connectivity index (χ4v) is 4.76. The minimum absolute atomic E-state index is 0.249. The molecule has 1 aliphatic carbocycles. The Kier molecular flexibility index (Phi) is 4.13. The molecule has 0 bridgehead atoms. The maximum Gasteiger partial charge on any atom is 0.263 e. The molecule has 1 atom stereocenters. The molecule has 2 heterocycles. The first-order valence-corrected chi connectivity index (χ1v) is 8.60. The maximum absolute atomic E-state index is 12.6. The van der Waals surface area contributed by atoms with Gasteiger partial charge < -0.3 is 4.90 Å². The van der Waals surface area contributed by atoms with E-state index in [0.717, 1.165) is 37.2 Å². The molecule has 0 aromatic carbocycles. The number of nitrogens with zero attached hydrogens (tertiary/aromatic N) is 1. The summed E-state index contributed by atoms with van der Waals surface area (Å²) in [5.74, 6) is 1.56. The highest BCUT2D eigenvalue weighted by atomic mass is 35.5. The Labute approximate surface area is 123 Å². The number of amides is 1. The van der Waals surface area contributed by atoms with Crippen molar-refractivity contribution < 1.29 is 4.79 Å². The monoisotopic (exact) mass is 297 g/mol. The number of rotatable bonds is 3. The Morgan fingerprint density at radius 3 is 3.11 bits per heavy atom. The lowest BCUT2D eigenvalue weighted by Crippen LogP contribution is -2.39. The zero-order valence-corrected chi connectivity index (χ0v) is 12.7. The molecule has 1 aromatic heterocycles. The van der Waals surface area contributed by atoms with Crippen molar-refractivity contribution in [3.63, 3.8) is 0 Å². The predicted octanol–water partition coefficient (Wildman–Crippen LogP) is 3.72. The predicted molar refractivity (Wildman–Crippen MR) is 80.3 cm³/mol. The Morgan fingerprint density at radius 1 is 1.42 bits per heavy atom. The summed E-state index contributed by atoms with van der Waals surface area (Å²) in [6.07, 6.45) is 6.97. The van der Waals surface area contributed by atoms with Crippen molar-refractivity contribution in [2.45, 2.75) is 38.5 Å². The minimum Gasteiger partial charge on any atom is -0.338 e. The van der Waals surface area contributed by atoms with Crippen LogP contribution in [0.4, 0.5) is 0 Å². The highest BCUT2D eigenvalue weighted by molar-refractivity contribution is 7.14. The van der Waals surface area contributed by atoms with Gasteiger partial charge >= 0.3 is 0 Å². The summed E-state index contributed by atoms with van der Waals surface area (Å²) in [6.45, 7) is 1.81. The van der Waals surface area contributed by atoms with Crippen LogP contribution in [0.2, 0.25) is 0 Å². The van der Waals surface area contributed by atoms with Gasteiger partial charge in [0, 0.05) is 23.8 Å². The SMILES string of the molecule is O=C(c1cc2c(s1)CCC2)N1CCCC(CCCl)C1. The summed E-state index contributed by atoms with van der Waals surface area (Å²) in [5.41, 5.74) is 1.42. The second kappa shape index (κ2) is 5.84. The average molecular weight is 298 g/mol. The van der Waals surface area contributed by atoms with Gasteiger partial charge in [0.05, 0.1) is 4.88 Å². The standard InChI is InChI=1S/C15H20ClNOS/c16-7-6-11-3-2-8-17(10-11)15(18)14-9-12-4-1-5-13(12)19-14/h9,11H,1-8,10H2. The van der Waals surface area contributed by atoms with Crippen LogP contribution in [-0.4, -0.2) is 29.8 Å². The number of alkyl halides is 1. The van der Waals surface area contributed by atoms with Gasteiger partial charge in [0.15, 0.2) is 0 Å². The molecule has 0 saturated carbocycles. The number of hydrogen-bond donors (Lipinski definition) is 0. The van der Waals surface area contributed by atoms with E-state index in [1.54, 1.807) is 11.3 Å². The molecule has 0 spiro atoms. The van der Waals surface area contributed by atoms with E-state index in [-0.39, 0.29) is 5.91 Å². The van der Waals surface area contributed by atoms with E-state index < -0.39 is 0 Å². The van der Waals surface area contributed by atoms with Crippen molar-refractivity contribution in [1.29, 1.82) is 0 Å². The molecular weight excluding hydrogens is 278 g/mol. The van der Waals surface area contributed by atoms with E-state index in [1.807, 2.05) is 4.90 Å². The first kappa shape index (κ1) is 13.4. The summed E-state index contributed by atoms with van der Waals surface area (Å²) in [5, 5.41) is 0. The summed E-state index contributed by atoms with van der Waals surface area (Å²) >= 11 is 7.55. The molecule has 19 heavy (non-hydrogen) atoms. The lowest BCUT2D eigenvalue weighted by Gasteiger charge is -2.32. The highest BCUT2D eigenvalue weighted by Gasteiger charge is 2.26. The highest BCUT2D eigenvalue weighted by Crippen LogP contribution is 2.32. The Balaban J connectivity index is 1.68. The van der Waals surface area contributed by atoms with E-state index in [2.05, 4.69) is 6.07 Å². The van der Waals surface area contributed by atoms with E-state index in [1.165, 1.54) is 29.7 Å². The molecule has 104 valence electrons. The van der Waals surface area contributed by atoms with Gasteiger partial charge in [0.2, 0.25) is 0 Å². The van der Waals surface area contributed by atoms with Crippen LogP contribution in [0, 0.1) is 5.92 Å². The van der Waals surface area contributed by atoms with Crippen molar-refractivity contribution in [3.8, 4) is 0 Å². The summed E-state index contributed by atoms with van der Waals surface area (Å²) in [7, 11) is 0. The zero-order chi connectivity index (χ0) is 13.2. The smallest absolute Gasteiger partial charge is 0.263 e. The van der Waals surface area contributed by atoms with Crippen LogP contribution in [0.1, 0.15) is 45.8 Å². The van der Waals surface area contributed by atoms with E-state index >= 15 is 0 Å². The second-order valence-electron chi connectivity index (χ2n) is 5.65. The molecule has 1 aliphatic heterocycles. The number of halogens is 1. The number of aryl methyl sites for hydroxylation is 2. The summed E-state index contributed by atoms with van der Waals surface area (Å²) in [4.78, 5) is 17.0. The van der Waals surface area contributed by atoms with E-state index in [4.69, 9.17) is 11.6 Å². The largest absolute Gasteiger partial charge is 0.338 e. The van der Waals surface area contributed by atoms with Crippen molar-refractivity contribution in [3.05, 3.63) is 21.4 Å². The van der Waals surface area contributed by atoms with Crippen molar-refractivity contribution in [2.75, 3.05) is 19.0 Å². The van der Waals surface area contributed by atoms with Gasteiger partial charge in [-0.1, -0.05) is 0 Å². The fourth-order valence-electron chi connectivity index (χ4n) is 3.23. The minimum atomic E-state index is 0.249. The lowest BCUT2D eigenvalue weighted by molar-refractivity contribution is 0.0676. The molecule has 1 amide bonds. The quantitative estimate of drug-likeness (QED) is 0.779. The van der Waals surface area contributed by atoms with Gasteiger partial charge in [-0.15, -0.1) is 22.9 Å². The van der Waals surface area contributed by atoms with E-state index in [0.29, 0.717) is 11.8 Å². The van der Waals surface area contributed by atoms with Gasteiger partial charge in [-0.05, 0) is 56.1 Å². The average Bonchev–Trinajstić information content (AvgIpc) is 2.99. The molecule has 1 aromatic rings. The Hall–Kier alpha value is -0.540. The molecule has 2 aliphatic rings. The van der Waals surface area contributed by atoms with Crippen LogP contribution in [0.25, 0.3) is 0 Å². The molecule has 1 saturated heterocycles. The molecule has 4 heteroatoms. The number of likely N-dealkylation sites (tertiary alicyclic amines) is 1. The molecule has 0 radical (unpaired) electrons. The first-order chi connectivity index (χ1) is 9.28. The molecule has 3 rings (SSSR count). The van der Waals surface area contributed by atoms with Crippen LogP contribution in [-0.2, 0) is 12.8 Å². The molecule has 1 unspecified atom stereocenters. The number of fused-ring (bicyclic) bond motifs is 1. The second-order valence-corrected chi connectivity index (χ2v) is 7.16. The molecular formula is C15H20ClNOS. The van der Waals surface area contributed by atoms with Crippen molar-refractivity contribution >= 4 is 28.8 Å². The number of carbonyl (C=O) groups excluding carboxylic acids is 1. The summed E-state index contributed by atoms with van der Waals surface area (Å²) in [6, 6.07) is 2.14. The van der Waals surface area contributed by atoms with Crippen molar-refractivity contribution in [1.82, 2.24) is 4.90 Å². The van der Waals surface area contributed by atoms with Gasteiger partial charge in [-0.2, -0.15) is 0 Å². The third kappa shape index (κ3) is 2.82. The maximum atomic E-state index is 12.6. The third-order valence-corrected chi connectivity index (χ3v) is 5.72. The topological polar surface area (TPSA) is 20.3 Å². The number of hydrogen-bond acceptors (Lipinski definition) is 2. The zero-order valence-electron chi connectivity index (χ0n) is 11.2. The molecule has 2 nitrogen and oxygen atoms in total. The van der Waals surface area contributed by atoms with E-state index in [9.17, 15) is 4.79 Å². The first-order valence-electron chi connectivity index (χ1n) is 7.24. The Bertz CT molecular complexity index is 447. The van der Waals surface area contributed by atoms with Crippen LogP contribution in [0.15, 0.2) is 6.07 Å². The Morgan fingerprint density at radius 2 is 2.32 bits per heavy atom. The van der Waals surface area contributed by atoms with Crippen LogP contribution < -0.4 is 0 Å². The van der Waals surface area contributed by atoms with Crippen LogP contribution >= 0.6 is 22.9 Å². The van der Waals surface area contributed by atoms with Crippen molar-refractivity contribution in [2.24, 2.45) is 5.92 Å². The lowest BCUT2D eigenvalue weighted by atomic mass is 9.95. The van der Waals surface area contributed by atoms with Gasteiger partial charge in [0.1, 0.15) is 0 Å². The summed E-state index contributed by atoms with van der Waals surface area (Å²) < 4.78 is 0. The fraction of sp³-hybridized carbons (Fsp3) is 0.667.